The molecule has 0 unspecified atom stereocenters. The Labute approximate surface area is 174 Å². The lowest BCUT2D eigenvalue weighted by atomic mass is 10.1. The van der Waals surface area contributed by atoms with E-state index in [9.17, 15) is 4.79 Å². The van der Waals surface area contributed by atoms with Gasteiger partial charge >= 0.3 is 0 Å². The fourth-order valence-electron chi connectivity index (χ4n) is 2.89. The Kier molecular flexibility index (Phi) is 6.39. The lowest BCUT2D eigenvalue weighted by Crippen LogP contribution is -2.27. The van der Waals surface area contributed by atoms with Gasteiger partial charge in [-0.2, -0.15) is 0 Å². The van der Waals surface area contributed by atoms with E-state index in [0.717, 1.165) is 20.8 Å². The number of hydrogen-bond donors (Lipinski definition) is 0. The quantitative estimate of drug-likeness (QED) is 0.533. The first-order valence-electron chi connectivity index (χ1n) is 9.08. The second-order valence-corrected chi connectivity index (χ2v) is 7.49. The lowest BCUT2D eigenvalue weighted by Gasteiger charge is -2.21. The predicted molar refractivity (Wildman–Crippen MR) is 116 cm³/mol. The lowest BCUT2D eigenvalue weighted by molar-refractivity contribution is -0.126. The third-order valence-electron chi connectivity index (χ3n) is 4.74. The second kappa shape index (κ2) is 8.96. The number of rotatable bonds is 7. The minimum atomic E-state index is -0.142. The van der Waals surface area contributed by atoms with Crippen LogP contribution in [0, 0.1) is 0 Å². The molecule has 29 heavy (non-hydrogen) atoms. The highest BCUT2D eigenvalue weighted by Crippen LogP contribution is 2.35. The molecule has 3 aromatic rings. The summed E-state index contributed by atoms with van der Waals surface area (Å²) >= 11 is 1.60. The smallest absolute Gasteiger partial charge is 0.246 e. The predicted octanol–water partition coefficient (Wildman–Crippen LogP) is 4.55. The Morgan fingerprint density at radius 2 is 1.72 bits per heavy atom. The van der Waals surface area contributed by atoms with E-state index in [-0.39, 0.29) is 11.9 Å². The number of amides is 1. The fourth-order valence-corrected chi connectivity index (χ4v) is 3.95. The minimum Gasteiger partial charge on any atom is -0.496 e. The zero-order chi connectivity index (χ0) is 21.0. The van der Waals surface area contributed by atoms with Gasteiger partial charge in [-0.25, -0.2) is 4.98 Å². The van der Waals surface area contributed by atoms with Gasteiger partial charge in [0.05, 0.1) is 37.6 Å². The van der Waals surface area contributed by atoms with E-state index in [1.54, 1.807) is 62.8 Å². The van der Waals surface area contributed by atoms with E-state index in [1.807, 2.05) is 31.2 Å². The summed E-state index contributed by atoms with van der Waals surface area (Å²) in [7, 11) is 6.47. The topological polar surface area (TPSA) is 60.9 Å². The second-order valence-electron chi connectivity index (χ2n) is 6.43. The van der Waals surface area contributed by atoms with Gasteiger partial charge < -0.3 is 19.1 Å². The summed E-state index contributed by atoms with van der Waals surface area (Å²) < 4.78 is 17.2. The molecule has 1 amide bonds. The molecule has 0 radical (unpaired) electrons. The van der Waals surface area contributed by atoms with E-state index >= 15 is 0 Å². The molecule has 6 nitrogen and oxygen atoms in total. The first-order valence-corrected chi connectivity index (χ1v) is 9.90. The van der Waals surface area contributed by atoms with Gasteiger partial charge in [-0.3, -0.25) is 4.79 Å². The Balaban J connectivity index is 1.80. The van der Waals surface area contributed by atoms with Gasteiger partial charge in [0.15, 0.2) is 11.5 Å². The molecule has 3 rings (SSSR count). The number of ether oxygens (including phenoxy) is 3. The molecule has 0 N–H and O–H groups in total. The van der Waals surface area contributed by atoms with Crippen LogP contribution in [0.4, 0.5) is 0 Å². The Morgan fingerprint density at radius 3 is 2.38 bits per heavy atom. The van der Waals surface area contributed by atoms with Crippen molar-refractivity contribution >= 4 is 33.5 Å². The molecular weight excluding hydrogens is 388 g/mol. The van der Waals surface area contributed by atoms with Crippen LogP contribution >= 0.6 is 11.3 Å². The zero-order valence-corrected chi connectivity index (χ0v) is 17.9. The largest absolute Gasteiger partial charge is 0.496 e. The van der Waals surface area contributed by atoms with E-state index in [2.05, 4.69) is 4.98 Å². The maximum atomic E-state index is 12.7. The van der Waals surface area contributed by atoms with E-state index in [4.69, 9.17) is 14.2 Å². The number of thiazole rings is 1. The summed E-state index contributed by atoms with van der Waals surface area (Å²) in [6.45, 7) is 1.97. The van der Waals surface area contributed by atoms with Crippen LogP contribution in [0.2, 0.25) is 0 Å². The van der Waals surface area contributed by atoms with Gasteiger partial charge in [0.2, 0.25) is 5.91 Å². The zero-order valence-electron chi connectivity index (χ0n) is 17.1. The minimum absolute atomic E-state index is 0.131. The van der Waals surface area contributed by atoms with Gasteiger partial charge in [-0.15, -0.1) is 11.3 Å². The molecule has 0 saturated carbocycles. The number of hydrogen-bond acceptors (Lipinski definition) is 6. The van der Waals surface area contributed by atoms with Crippen molar-refractivity contribution in [3.63, 3.8) is 0 Å². The van der Waals surface area contributed by atoms with E-state index in [0.29, 0.717) is 17.2 Å². The number of nitrogens with zero attached hydrogens (tertiary/aromatic N) is 2. The molecule has 0 bridgehead atoms. The highest BCUT2D eigenvalue weighted by atomic mass is 32.1. The molecular formula is C22H24N2O4S. The maximum absolute atomic E-state index is 12.7. The van der Waals surface area contributed by atoms with Gasteiger partial charge in [0, 0.05) is 24.8 Å². The van der Waals surface area contributed by atoms with Crippen molar-refractivity contribution < 1.29 is 19.0 Å². The van der Waals surface area contributed by atoms with Gasteiger partial charge in [-0.05, 0) is 31.2 Å². The average Bonchev–Trinajstić information content (AvgIpc) is 3.19. The normalized spacial score (nSPS) is 12.2. The number of methoxy groups -OCH3 is 3. The molecule has 152 valence electrons. The molecule has 0 aliphatic heterocycles. The Morgan fingerprint density at radius 1 is 1.07 bits per heavy atom. The molecule has 1 atom stereocenters. The molecule has 1 aromatic heterocycles. The highest BCUT2D eigenvalue weighted by molar-refractivity contribution is 7.18. The third kappa shape index (κ3) is 4.35. The summed E-state index contributed by atoms with van der Waals surface area (Å²) in [5.74, 6) is 1.59. The van der Waals surface area contributed by atoms with Crippen LogP contribution in [0.5, 0.6) is 17.2 Å². The van der Waals surface area contributed by atoms with Gasteiger partial charge in [-0.1, -0.05) is 12.1 Å². The summed E-state index contributed by atoms with van der Waals surface area (Å²) in [4.78, 5) is 19.1. The Hall–Kier alpha value is -3.06. The summed E-state index contributed by atoms with van der Waals surface area (Å²) in [5.41, 5.74) is 1.67. The first-order chi connectivity index (χ1) is 14.0. The molecule has 0 saturated heterocycles. The number of para-hydroxylation sites is 1. The van der Waals surface area contributed by atoms with Gasteiger partial charge in [0.25, 0.3) is 0 Å². The fraction of sp³-hybridized carbons (Fsp3) is 0.273. The van der Waals surface area contributed by atoms with Crippen LogP contribution in [0.1, 0.15) is 23.5 Å². The van der Waals surface area contributed by atoms with Crippen LogP contribution in [0.15, 0.2) is 42.5 Å². The van der Waals surface area contributed by atoms with Crippen molar-refractivity contribution in [2.45, 2.75) is 13.0 Å². The molecule has 0 aliphatic carbocycles. The van der Waals surface area contributed by atoms with Crippen LogP contribution in [-0.4, -0.2) is 44.2 Å². The monoisotopic (exact) mass is 412 g/mol. The number of aromatic nitrogens is 1. The van der Waals surface area contributed by atoms with Crippen molar-refractivity contribution in [1.29, 1.82) is 0 Å². The van der Waals surface area contributed by atoms with Crippen LogP contribution in [-0.2, 0) is 4.79 Å². The number of carbonyl (C=O) groups excluding carboxylic acids is 1. The van der Waals surface area contributed by atoms with Crippen molar-refractivity contribution in [2.24, 2.45) is 0 Å². The summed E-state index contributed by atoms with van der Waals surface area (Å²) in [5, 5.41) is 0.902. The molecule has 0 fully saturated rings. The van der Waals surface area contributed by atoms with Crippen LogP contribution in [0.25, 0.3) is 16.3 Å². The van der Waals surface area contributed by atoms with Crippen molar-refractivity contribution in [2.75, 3.05) is 28.4 Å². The molecule has 0 aliphatic rings. The van der Waals surface area contributed by atoms with Crippen molar-refractivity contribution in [3.8, 4) is 17.2 Å². The number of benzene rings is 2. The van der Waals surface area contributed by atoms with E-state index in [1.165, 1.54) is 6.08 Å². The molecule has 2 aromatic carbocycles. The SMILES string of the molecule is COc1cc(OC)c(OC)cc1/C=C/C(=O)N(C)[C@H](C)c1nc2ccccc2s1. The summed E-state index contributed by atoms with van der Waals surface area (Å²) in [6, 6.07) is 11.3. The van der Waals surface area contributed by atoms with E-state index < -0.39 is 0 Å². The number of likely N-dealkylation sites (N-methyl/N-ethyl adjacent to an activating group) is 1. The standard InChI is InChI=1S/C22H24N2O4S/c1-14(22-23-16-8-6-7-9-20(16)29-22)24(2)21(25)11-10-15-12-18(27-4)19(28-5)13-17(15)26-3/h6-14H,1-5H3/b11-10+/t14-/m1/s1. The number of carbonyl (C=O) groups is 1. The van der Waals surface area contributed by atoms with Crippen molar-refractivity contribution in [1.82, 2.24) is 9.88 Å². The highest BCUT2D eigenvalue weighted by Gasteiger charge is 2.19. The molecule has 1 heterocycles. The average molecular weight is 413 g/mol. The first kappa shape index (κ1) is 20.7. The summed E-state index contributed by atoms with van der Waals surface area (Å²) in [6.07, 6.45) is 3.23. The van der Waals surface area contributed by atoms with Crippen LogP contribution in [0.3, 0.4) is 0 Å². The van der Waals surface area contributed by atoms with Crippen LogP contribution < -0.4 is 14.2 Å². The third-order valence-corrected chi connectivity index (χ3v) is 5.94. The molecule has 0 spiro atoms. The van der Waals surface area contributed by atoms with Crippen molar-refractivity contribution in [3.05, 3.63) is 53.0 Å². The maximum Gasteiger partial charge on any atom is 0.246 e. The number of fused-ring (bicyclic) bond motifs is 1. The van der Waals surface area contributed by atoms with Gasteiger partial charge in [0.1, 0.15) is 10.8 Å². The molecule has 7 heteroatoms. The Bertz CT molecular complexity index is 1010.